The van der Waals surface area contributed by atoms with Gasteiger partial charge in [-0.1, -0.05) is 18.2 Å². The Kier molecular flexibility index (Phi) is 5.84. The summed E-state index contributed by atoms with van der Waals surface area (Å²) in [5.41, 5.74) is 4.26. The lowest BCUT2D eigenvalue weighted by molar-refractivity contribution is -0.116. The summed E-state index contributed by atoms with van der Waals surface area (Å²) < 4.78 is 16.6. The molecule has 0 aliphatic rings. The van der Waals surface area contributed by atoms with Gasteiger partial charge in [-0.3, -0.25) is 4.79 Å². The normalized spacial score (nSPS) is 11.3. The molecule has 5 nitrogen and oxygen atoms in total. The third-order valence-electron chi connectivity index (χ3n) is 4.47. The summed E-state index contributed by atoms with van der Waals surface area (Å²) in [7, 11) is 3.24. The van der Waals surface area contributed by atoms with Crippen LogP contribution in [0.1, 0.15) is 12.5 Å². The molecule has 1 N–H and O–H groups in total. The molecular weight excluding hydrogens is 354 g/mol. The molecule has 0 fully saturated rings. The Hall–Kier alpha value is -3.47. The minimum Gasteiger partial charge on any atom is -0.497 e. The Bertz CT molecular complexity index is 1050. The van der Waals surface area contributed by atoms with Crippen LogP contribution in [0.25, 0.3) is 27.7 Å². The number of hydrogen-bond donors (Lipinski definition) is 1. The van der Waals surface area contributed by atoms with Crippen molar-refractivity contribution in [2.24, 2.45) is 0 Å². The van der Waals surface area contributed by atoms with Gasteiger partial charge in [0.05, 0.1) is 20.5 Å². The lowest BCUT2D eigenvalue weighted by atomic mass is 9.99. The molecule has 28 heavy (non-hydrogen) atoms. The number of carbonyl (C=O) groups excluding carboxylic acids is 1. The summed E-state index contributed by atoms with van der Waals surface area (Å²) in [4.78, 5) is 12.0. The van der Waals surface area contributed by atoms with Gasteiger partial charge in [0.2, 0.25) is 5.91 Å². The summed E-state index contributed by atoms with van der Waals surface area (Å²) in [6, 6.07) is 11.6. The Morgan fingerprint density at radius 2 is 2.04 bits per heavy atom. The van der Waals surface area contributed by atoms with Crippen LogP contribution in [0.5, 0.6) is 11.5 Å². The van der Waals surface area contributed by atoms with Gasteiger partial charge in [-0.15, -0.1) is 6.58 Å². The van der Waals surface area contributed by atoms with E-state index >= 15 is 0 Å². The Balaban J connectivity index is 2.09. The van der Waals surface area contributed by atoms with E-state index in [0.29, 0.717) is 17.9 Å². The van der Waals surface area contributed by atoms with Crippen molar-refractivity contribution in [3.8, 4) is 22.6 Å². The van der Waals surface area contributed by atoms with Crippen molar-refractivity contribution in [3.05, 3.63) is 67.0 Å². The van der Waals surface area contributed by atoms with Crippen LogP contribution in [-0.4, -0.2) is 26.7 Å². The van der Waals surface area contributed by atoms with E-state index in [1.54, 1.807) is 32.6 Å². The predicted octanol–water partition coefficient (Wildman–Crippen LogP) is 4.82. The fraction of sp³-hybridized carbons (Fsp3) is 0.174. The number of allylic oxidation sites excluding steroid dienone is 1. The summed E-state index contributed by atoms with van der Waals surface area (Å²) >= 11 is 0. The fourth-order valence-corrected chi connectivity index (χ4v) is 3.04. The highest BCUT2D eigenvalue weighted by Crippen LogP contribution is 2.38. The van der Waals surface area contributed by atoms with E-state index in [-0.39, 0.29) is 5.91 Å². The quantitative estimate of drug-likeness (QED) is 0.474. The number of benzene rings is 2. The minimum atomic E-state index is -0.181. The van der Waals surface area contributed by atoms with Gasteiger partial charge in [-0.05, 0) is 36.3 Å². The lowest BCUT2D eigenvalue weighted by Crippen LogP contribution is -2.20. The van der Waals surface area contributed by atoms with Gasteiger partial charge < -0.3 is 19.2 Å². The number of nitrogens with one attached hydrogen (secondary N) is 1. The average Bonchev–Trinajstić information content (AvgIpc) is 3.14. The van der Waals surface area contributed by atoms with E-state index < -0.39 is 0 Å². The molecule has 144 valence electrons. The van der Waals surface area contributed by atoms with Crippen LogP contribution in [0.15, 0.2) is 65.8 Å². The number of furan rings is 1. The minimum absolute atomic E-state index is 0.181. The van der Waals surface area contributed by atoms with E-state index in [4.69, 9.17) is 13.9 Å². The van der Waals surface area contributed by atoms with Crippen molar-refractivity contribution >= 4 is 22.4 Å². The molecule has 0 aliphatic heterocycles. The zero-order valence-corrected chi connectivity index (χ0v) is 16.2. The zero-order valence-electron chi connectivity index (χ0n) is 16.2. The van der Waals surface area contributed by atoms with E-state index in [2.05, 4.69) is 11.9 Å². The Morgan fingerprint density at radius 1 is 1.21 bits per heavy atom. The van der Waals surface area contributed by atoms with Crippen molar-refractivity contribution in [3.63, 3.8) is 0 Å². The highest BCUT2D eigenvalue weighted by atomic mass is 16.5. The van der Waals surface area contributed by atoms with Crippen molar-refractivity contribution < 1.29 is 18.7 Å². The highest BCUT2D eigenvalue weighted by molar-refractivity contribution is 6.00. The molecule has 0 spiro atoms. The molecule has 1 amide bonds. The van der Waals surface area contributed by atoms with Crippen molar-refractivity contribution in [2.45, 2.75) is 6.92 Å². The number of hydrogen-bond acceptors (Lipinski definition) is 4. The summed E-state index contributed by atoms with van der Waals surface area (Å²) in [5, 5.41) is 3.68. The largest absolute Gasteiger partial charge is 0.497 e. The zero-order chi connectivity index (χ0) is 20.1. The second-order valence-corrected chi connectivity index (χ2v) is 6.29. The number of amides is 1. The van der Waals surface area contributed by atoms with E-state index in [0.717, 1.165) is 33.4 Å². The molecule has 0 radical (unpaired) electrons. The van der Waals surface area contributed by atoms with Crippen LogP contribution < -0.4 is 14.8 Å². The number of rotatable bonds is 7. The van der Waals surface area contributed by atoms with Crippen molar-refractivity contribution in [1.82, 2.24) is 5.32 Å². The average molecular weight is 377 g/mol. The fourth-order valence-electron chi connectivity index (χ4n) is 3.04. The standard InChI is InChI=1S/C23H23NO4/c1-5-9-24-23(25)10-15(2)18-12-19-20(14-28-22(19)13-21(18)27-4)16-7-6-8-17(11-16)26-3/h5-8,10-14H,1,9H2,2-4H3,(H,24,25)/b15-10+. The van der Waals surface area contributed by atoms with Gasteiger partial charge in [0.15, 0.2) is 0 Å². The molecule has 0 saturated carbocycles. The molecule has 1 aromatic heterocycles. The number of fused-ring (bicyclic) bond motifs is 1. The SMILES string of the molecule is C=CCNC(=O)/C=C(\C)c1cc2c(-c3cccc(OC)c3)coc2cc1OC. The topological polar surface area (TPSA) is 60.7 Å². The van der Waals surface area contributed by atoms with Crippen molar-refractivity contribution in [2.75, 3.05) is 20.8 Å². The van der Waals surface area contributed by atoms with Gasteiger partial charge in [-0.25, -0.2) is 0 Å². The molecule has 0 bridgehead atoms. The predicted molar refractivity (Wildman–Crippen MR) is 112 cm³/mol. The maximum absolute atomic E-state index is 12.0. The van der Waals surface area contributed by atoms with Gasteiger partial charge in [-0.2, -0.15) is 0 Å². The van der Waals surface area contributed by atoms with Gasteiger partial charge >= 0.3 is 0 Å². The molecule has 0 atom stereocenters. The number of ether oxygens (including phenoxy) is 2. The third-order valence-corrected chi connectivity index (χ3v) is 4.47. The van der Waals surface area contributed by atoms with Gasteiger partial charge in [0, 0.05) is 35.2 Å². The lowest BCUT2D eigenvalue weighted by Gasteiger charge is -2.10. The first-order valence-electron chi connectivity index (χ1n) is 8.88. The van der Waals surface area contributed by atoms with E-state index in [9.17, 15) is 4.79 Å². The molecule has 1 heterocycles. The summed E-state index contributed by atoms with van der Waals surface area (Å²) in [6.07, 6.45) is 4.91. The third kappa shape index (κ3) is 3.93. The molecule has 5 heteroatoms. The second-order valence-electron chi connectivity index (χ2n) is 6.29. The molecule has 0 unspecified atom stereocenters. The van der Waals surface area contributed by atoms with Crippen LogP contribution in [0, 0.1) is 0 Å². The smallest absolute Gasteiger partial charge is 0.244 e. The Morgan fingerprint density at radius 3 is 2.75 bits per heavy atom. The first-order chi connectivity index (χ1) is 13.6. The Labute approximate surface area is 164 Å². The molecule has 0 saturated heterocycles. The first kappa shape index (κ1) is 19.3. The van der Waals surface area contributed by atoms with Gasteiger partial charge in [0.1, 0.15) is 17.1 Å². The first-order valence-corrected chi connectivity index (χ1v) is 8.88. The van der Waals surface area contributed by atoms with Crippen LogP contribution in [-0.2, 0) is 4.79 Å². The monoisotopic (exact) mass is 377 g/mol. The number of methoxy groups -OCH3 is 2. The van der Waals surface area contributed by atoms with Crippen molar-refractivity contribution in [1.29, 1.82) is 0 Å². The molecule has 2 aromatic carbocycles. The van der Waals surface area contributed by atoms with E-state index in [1.165, 1.54) is 0 Å². The maximum atomic E-state index is 12.0. The summed E-state index contributed by atoms with van der Waals surface area (Å²) in [6.45, 7) is 5.90. The van der Waals surface area contributed by atoms with Crippen LogP contribution in [0.4, 0.5) is 0 Å². The maximum Gasteiger partial charge on any atom is 0.244 e. The number of carbonyl (C=O) groups is 1. The van der Waals surface area contributed by atoms with E-state index in [1.807, 2.05) is 43.3 Å². The highest BCUT2D eigenvalue weighted by Gasteiger charge is 2.15. The summed E-state index contributed by atoms with van der Waals surface area (Å²) in [5.74, 6) is 1.24. The molecule has 3 rings (SSSR count). The molecule has 0 aliphatic carbocycles. The van der Waals surface area contributed by atoms with Crippen LogP contribution in [0.3, 0.4) is 0 Å². The molecule has 3 aromatic rings. The molecular formula is C23H23NO4. The van der Waals surface area contributed by atoms with Crippen LogP contribution in [0.2, 0.25) is 0 Å². The van der Waals surface area contributed by atoms with Crippen LogP contribution >= 0.6 is 0 Å². The van der Waals surface area contributed by atoms with Gasteiger partial charge in [0.25, 0.3) is 0 Å². The second kappa shape index (κ2) is 8.48.